The molecule has 1 aromatic heterocycles. The largest absolute Gasteiger partial charge is 0.490 e. The van der Waals surface area contributed by atoms with Crippen LogP contribution in [0.1, 0.15) is 69.0 Å². The summed E-state index contributed by atoms with van der Waals surface area (Å²) in [7, 11) is 0. The minimum Gasteiger partial charge on any atom is -0.490 e. The number of nitriles is 1. The lowest BCUT2D eigenvalue weighted by atomic mass is 9.99. The van der Waals surface area contributed by atoms with Gasteiger partial charge in [0.15, 0.2) is 11.5 Å². The molecule has 1 N–H and O–H groups in total. The number of rotatable bonds is 13. The van der Waals surface area contributed by atoms with E-state index in [-0.39, 0.29) is 11.5 Å². The molecule has 3 aromatic rings. The van der Waals surface area contributed by atoms with Crippen molar-refractivity contribution in [2.45, 2.75) is 52.9 Å². The number of anilines is 1. The summed E-state index contributed by atoms with van der Waals surface area (Å²) in [5, 5.41) is 21.4. The van der Waals surface area contributed by atoms with Crippen LogP contribution in [-0.2, 0) is 4.79 Å². The van der Waals surface area contributed by atoms with Crippen LogP contribution in [0.2, 0.25) is 0 Å². The predicted molar refractivity (Wildman–Crippen MR) is 150 cm³/mol. The van der Waals surface area contributed by atoms with Gasteiger partial charge in [-0.25, -0.2) is 0 Å². The molecule has 1 heterocycles. The molecule has 38 heavy (non-hydrogen) atoms. The minimum atomic E-state index is -0.549. The van der Waals surface area contributed by atoms with E-state index in [1.54, 1.807) is 18.2 Å². The molecule has 0 bridgehead atoms. The first kappa shape index (κ1) is 28.7. The number of hydrogen-bond donors (Lipinski definition) is 1. The van der Waals surface area contributed by atoms with Crippen molar-refractivity contribution in [1.29, 1.82) is 5.26 Å². The highest BCUT2D eigenvalue weighted by atomic mass is 32.1. The van der Waals surface area contributed by atoms with E-state index in [1.165, 1.54) is 23.0 Å². The number of nitrogens with one attached hydrogen (secondary N) is 1. The minimum absolute atomic E-state index is 0.0600. The van der Waals surface area contributed by atoms with E-state index in [0.717, 1.165) is 17.2 Å². The van der Waals surface area contributed by atoms with E-state index in [1.807, 2.05) is 39.0 Å². The molecule has 1 atom stereocenters. The van der Waals surface area contributed by atoms with Crippen LogP contribution in [0.4, 0.5) is 5.13 Å². The van der Waals surface area contributed by atoms with E-state index in [4.69, 9.17) is 14.2 Å². The SMILES string of the molecule is CCOc1cc(/C=C(/C#N)C(=O)Nc2nnc(C(C)C)s2)ccc1OCCOc1ccc(C(C)CC)cc1. The van der Waals surface area contributed by atoms with Gasteiger partial charge in [0, 0.05) is 5.92 Å². The molecule has 2 aromatic carbocycles. The van der Waals surface area contributed by atoms with Crippen molar-refractivity contribution < 1.29 is 19.0 Å². The third-order valence-corrected chi connectivity index (χ3v) is 6.91. The Morgan fingerprint density at radius 1 is 1.03 bits per heavy atom. The van der Waals surface area contributed by atoms with Gasteiger partial charge in [0.2, 0.25) is 5.13 Å². The maximum absolute atomic E-state index is 12.6. The van der Waals surface area contributed by atoms with E-state index in [0.29, 0.717) is 47.9 Å². The number of carbonyl (C=O) groups excluding carboxylic acids is 1. The van der Waals surface area contributed by atoms with Crippen LogP contribution in [-0.4, -0.2) is 35.9 Å². The molecule has 0 spiro atoms. The highest BCUT2D eigenvalue weighted by Gasteiger charge is 2.15. The van der Waals surface area contributed by atoms with Gasteiger partial charge in [-0.1, -0.05) is 57.2 Å². The van der Waals surface area contributed by atoms with Gasteiger partial charge in [0.1, 0.15) is 35.6 Å². The molecule has 0 aliphatic carbocycles. The smallest absolute Gasteiger partial charge is 0.268 e. The van der Waals surface area contributed by atoms with Gasteiger partial charge in [0.25, 0.3) is 5.91 Å². The predicted octanol–water partition coefficient (Wildman–Crippen LogP) is 6.58. The summed E-state index contributed by atoms with van der Waals surface area (Å²) in [5.41, 5.74) is 1.87. The van der Waals surface area contributed by atoms with E-state index < -0.39 is 5.91 Å². The van der Waals surface area contributed by atoms with Gasteiger partial charge < -0.3 is 14.2 Å². The summed E-state index contributed by atoms with van der Waals surface area (Å²) in [6.45, 7) is 11.4. The van der Waals surface area contributed by atoms with Crippen LogP contribution in [0.25, 0.3) is 6.08 Å². The molecule has 200 valence electrons. The normalized spacial score (nSPS) is 12.1. The lowest BCUT2D eigenvalue weighted by Gasteiger charge is -2.14. The number of hydrogen-bond acceptors (Lipinski definition) is 8. The van der Waals surface area contributed by atoms with Crippen molar-refractivity contribution >= 4 is 28.5 Å². The molecule has 0 aliphatic heterocycles. The summed E-state index contributed by atoms with van der Waals surface area (Å²) in [6, 6.07) is 15.3. The van der Waals surface area contributed by atoms with Crippen molar-refractivity contribution in [3.8, 4) is 23.3 Å². The van der Waals surface area contributed by atoms with Crippen LogP contribution < -0.4 is 19.5 Å². The van der Waals surface area contributed by atoms with Gasteiger partial charge in [-0.2, -0.15) is 5.26 Å². The maximum Gasteiger partial charge on any atom is 0.268 e. The van der Waals surface area contributed by atoms with Crippen LogP contribution in [0.3, 0.4) is 0 Å². The monoisotopic (exact) mass is 534 g/mol. The summed E-state index contributed by atoms with van der Waals surface area (Å²) in [4.78, 5) is 12.6. The van der Waals surface area contributed by atoms with Crippen molar-refractivity contribution in [3.63, 3.8) is 0 Å². The van der Waals surface area contributed by atoms with Crippen molar-refractivity contribution in [2.24, 2.45) is 0 Å². The highest BCUT2D eigenvalue weighted by molar-refractivity contribution is 7.15. The summed E-state index contributed by atoms with van der Waals surface area (Å²) in [5.74, 6) is 2.04. The first-order chi connectivity index (χ1) is 18.3. The number of benzene rings is 2. The van der Waals surface area contributed by atoms with Crippen molar-refractivity contribution in [3.05, 3.63) is 64.2 Å². The zero-order chi connectivity index (χ0) is 27.5. The standard InChI is InChI=1S/C29H34N4O4S/c1-6-20(5)22-9-11-24(12-10-22)36-14-15-37-25-13-8-21(17-26(25)35-7-2)16-23(18-30)27(34)31-29-33-32-28(38-29)19(3)4/h8-13,16-17,19-20H,6-7,14-15H2,1-5H3,(H,31,33,34)/b23-16-. The van der Waals surface area contributed by atoms with Crippen LogP contribution >= 0.6 is 11.3 Å². The quantitative estimate of drug-likeness (QED) is 0.150. The lowest BCUT2D eigenvalue weighted by molar-refractivity contribution is -0.112. The Bertz CT molecular complexity index is 1280. The Kier molecular flexibility index (Phi) is 10.7. The molecule has 1 amide bonds. The molecular formula is C29H34N4O4S. The first-order valence-corrected chi connectivity index (χ1v) is 13.5. The van der Waals surface area contributed by atoms with E-state index in [9.17, 15) is 10.1 Å². The highest BCUT2D eigenvalue weighted by Crippen LogP contribution is 2.30. The van der Waals surface area contributed by atoms with Gasteiger partial charge in [0.05, 0.1) is 6.61 Å². The summed E-state index contributed by atoms with van der Waals surface area (Å²) in [6.07, 6.45) is 2.59. The number of carbonyl (C=O) groups is 1. The molecule has 3 rings (SSSR count). The van der Waals surface area contributed by atoms with Gasteiger partial charge >= 0.3 is 0 Å². The molecule has 0 aliphatic rings. The number of nitrogens with zero attached hydrogens (tertiary/aromatic N) is 3. The van der Waals surface area contributed by atoms with Crippen molar-refractivity contribution in [2.75, 3.05) is 25.1 Å². The fourth-order valence-corrected chi connectivity index (χ4v) is 4.18. The second kappa shape index (κ2) is 14.1. The maximum atomic E-state index is 12.6. The summed E-state index contributed by atoms with van der Waals surface area (Å²) >= 11 is 1.29. The summed E-state index contributed by atoms with van der Waals surface area (Å²) < 4.78 is 17.4. The van der Waals surface area contributed by atoms with E-state index >= 15 is 0 Å². The van der Waals surface area contributed by atoms with E-state index in [2.05, 4.69) is 41.5 Å². The molecular weight excluding hydrogens is 500 g/mol. The third kappa shape index (κ3) is 8.05. The van der Waals surface area contributed by atoms with Gasteiger partial charge in [-0.05, 0) is 60.7 Å². The Balaban J connectivity index is 1.61. The average Bonchev–Trinajstić information content (AvgIpc) is 3.39. The zero-order valence-electron chi connectivity index (χ0n) is 22.5. The number of amides is 1. The fraction of sp³-hybridized carbons (Fsp3) is 0.379. The Morgan fingerprint density at radius 2 is 1.76 bits per heavy atom. The van der Waals surface area contributed by atoms with Gasteiger partial charge in [-0.3, -0.25) is 10.1 Å². The first-order valence-electron chi connectivity index (χ1n) is 12.7. The zero-order valence-corrected chi connectivity index (χ0v) is 23.3. The molecule has 0 fully saturated rings. The molecule has 0 saturated heterocycles. The van der Waals surface area contributed by atoms with Crippen LogP contribution in [0.15, 0.2) is 48.0 Å². The number of ether oxygens (including phenoxy) is 3. The van der Waals surface area contributed by atoms with Crippen molar-refractivity contribution in [1.82, 2.24) is 10.2 Å². The Hall–Kier alpha value is -3.90. The average molecular weight is 535 g/mol. The topological polar surface area (TPSA) is 106 Å². The molecule has 0 radical (unpaired) electrons. The van der Waals surface area contributed by atoms with Gasteiger partial charge in [-0.15, -0.1) is 10.2 Å². The third-order valence-electron chi connectivity index (χ3n) is 5.77. The Labute approximate surface area is 228 Å². The Morgan fingerprint density at radius 3 is 2.39 bits per heavy atom. The second-order valence-electron chi connectivity index (χ2n) is 8.94. The molecule has 9 heteroatoms. The van der Waals surface area contributed by atoms with Crippen LogP contribution in [0, 0.1) is 11.3 Å². The lowest BCUT2D eigenvalue weighted by Crippen LogP contribution is -2.13. The molecule has 0 saturated carbocycles. The fourth-order valence-electron chi connectivity index (χ4n) is 3.44. The second-order valence-corrected chi connectivity index (χ2v) is 9.95. The van der Waals surface area contributed by atoms with Crippen LogP contribution in [0.5, 0.6) is 17.2 Å². The number of aromatic nitrogens is 2. The molecule has 1 unspecified atom stereocenters. The molecule has 8 nitrogen and oxygen atoms in total.